The van der Waals surface area contributed by atoms with Crippen molar-refractivity contribution in [1.29, 1.82) is 0 Å². The number of aryl methyl sites for hydroxylation is 1. The Morgan fingerprint density at radius 3 is 2.77 bits per heavy atom. The van der Waals surface area contributed by atoms with E-state index in [-0.39, 0.29) is 23.8 Å². The van der Waals surface area contributed by atoms with Gasteiger partial charge in [0.1, 0.15) is 23.9 Å². The van der Waals surface area contributed by atoms with Gasteiger partial charge in [-0.25, -0.2) is 4.39 Å². The van der Waals surface area contributed by atoms with Crippen molar-refractivity contribution in [3.05, 3.63) is 58.9 Å². The van der Waals surface area contributed by atoms with Crippen molar-refractivity contribution in [2.75, 3.05) is 26.2 Å². The minimum Gasteiger partial charge on any atom is -0.492 e. The molecule has 4 rings (SSSR count). The number of carbonyl (C=O) groups is 1. The Morgan fingerprint density at radius 2 is 2.06 bits per heavy atom. The largest absolute Gasteiger partial charge is 0.492 e. The van der Waals surface area contributed by atoms with E-state index in [2.05, 4.69) is 11.0 Å². The highest BCUT2D eigenvalue weighted by Crippen LogP contribution is 2.46. The van der Waals surface area contributed by atoms with Gasteiger partial charge in [0.25, 0.3) is 0 Å². The highest BCUT2D eigenvalue weighted by molar-refractivity contribution is 5.69. The van der Waals surface area contributed by atoms with E-state index in [4.69, 9.17) is 14.6 Å². The van der Waals surface area contributed by atoms with Gasteiger partial charge in [0, 0.05) is 29.2 Å². The first-order valence-electron chi connectivity index (χ1n) is 11.0. The summed E-state index contributed by atoms with van der Waals surface area (Å²) >= 11 is 0. The molecule has 2 aromatic rings. The maximum atomic E-state index is 14.2. The number of carboxylic acids is 1. The first-order valence-corrected chi connectivity index (χ1v) is 11.0. The van der Waals surface area contributed by atoms with Gasteiger partial charge >= 0.3 is 5.97 Å². The van der Waals surface area contributed by atoms with Gasteiger partial charge in [-0.2, -0.15) is 0 Å². The number of fused-ring (bicyclic) bond motifs is 2. The van der Waals surface area contributed by atoms with Gasteiger partial charge < -0.3 is 19.5 Å². The van der Waals surface area contributed by atoms with Crippen molar-refractivity contribution in [2.45, 2.75) is 45.1 Å². The monoisotopic (exact) mass is 427 g/mol. The Morgan fingerprint density at radius 1 is 1.29 bits per heavy atom. The number of rotatable bonds is 7. The Labute approximate surface area is 182 Å². The molecular weight excluding hydrogens is 397 g/mol. The fourth-order valence-corrected chi connectivity index (χ4v) is 4.74. The topological polar surface area (TPSA) is 59.0 Å². The predicted molar refractivity (Wildman–Crippen MR) is 116 cm³/mol. The fraction of sp³-hybridized carbons (Fsp3) is 0.480. The van der Waals surface area contributed by atoms with Crippen LogP contribution in [0.5, 0.6) is 11.5 Å². The first-order chi connectivity index (χ1) is 14.9. The van der Waals surface area contributed by atoms with Crippen molar-refractivity contribution in [3.63, 3.8) is 0 Å². The van der Waals surface area contributed by atoms with E-state index >= 15 is 0 Å². The molecular formula is C25H30FNO4. The van der Waals surface area contributed by atoms with E-state index in [1.165, 1.54) is 11.6 Å². The number of hydrogen-bond donors (Lipinski definition) is 1. The second kappa shape index (κ2) is 8.87. The lowest BCUT2D eigenvalue weighted by molar-refractivity contribution is -0.141. The molecule has 0 radical (unpaired) electrons. The van der Waals surface area contributed by atoms with Crippen LogP contribution < -0.4 is 9.47 Å². The molecule has 31 heavy (non-hydrogen) atoms. The lowest BCUT2D eigenvalue weighted by atomic mass is 9.74. The van der Waals surface area contributed by atoms with Gasteiger partial charge in [-0.1, -0.05) is 32.0 Å². The Kier molecular flexibility index (Phi) is 6.19. The Balaban J connectivity index is 1.42. The highest BCUT2D eigenvalue weighted by atomic mass is 19.1. The summed E-state index contributed by atoms with van der Waals surface area (Å²) in [7, 11) is 0. The molecule has 0 bridgehead atoms. The van der Waals surface area contributed by atoms with E-state index in [1.54, 1.807) is 13.0 Å². The quantitative estimate of drug-likeness (QED) is 0.709. The normalized spacial score (nSPS) is 18.4. The average Bonchev–Trinajstić information content (AvgIpc) is 3.11. The molecule has 0 aliphatic carbocycles. The van der Waals surface area contributed by atoms with Gasteiger partial charge in [-0.15, -0.1) is 0 Å². The highest BCUT2D eigenvalue weighted by Gasteiger charge is 2.43. The average molecular weight is 428 g/mol. The molecule has 2 aliphatic rings. The van der Waals surface area contributed by atoms with Crippen LogP contribution in [0.3, 0.4) is 0 Å². The molecule has 2 aromatic carbocycles. The summed E-state index contributed by atoms with van der Waals surface area (Å²) in [5.74, 6) is 0.176. The molecule has 2 heterocycles. The zero-order valence-corrected chi connectivity index (χ0v) is 18.2. The van der Waals surface area contributed by atoms with E-state index in [0.29, 0.717) is 24.5 Å². The number of halogens is 1. The molecule has 0 amide bonds. The van der Waals surface area contributed by atoms with Crippen molar-refractivity contribution in [1.82, 2.24) is 4.90 Å². The third kappa shape index (κ3) is 4.40. The smallest absolute Gasteiger partial charge is 0.307 e. The molecule has 1 saturated heterocycles. The van der Waals surface area contributed by atoms with Gasteiger partial charge in [0.2, 0.25) is 0 Å². The van der Waals surface area contributed by atoms with Crippen molar-refractivity contribution >= 4 is 5.97 Å². The summed E-state index contributed by atoms with van der Waals surface area (Å²) in [4.78, 5) is 13.4. The second-order valence-corrected chi connectivity index (χ2v) is 8.79. The number of aliphatic carboxylic acids is 1. The van der Waals surface area contributed by atoms with Crippen molar-refractivity contribution in [3.8, 4) is 11.5 Å². The molecule has 1 unspecified atom stereocenters. The van der Waals surface area contributed by atoms with E-state index in [0.717, 1.165) is 43.7 Å². The number of ether oxygens (including phenoxy) is 2. The van der Waals surface area contributed by atoms with Crippen molar-refractivity contribution < 1.29 is 23.8 Å². The third-order valence-corrected chi connectivity index (χ3v) is 6.78. The molecule has 6 heteroatoms. The van der Waals surface area contributed by atoms with E-state index in [1.807, 2.05) is 25.1 Å². The zero-order chi connectivity index (χ0) is 22.0. The number of carboxylic acid groups (broad SMARTS) is 1. The minimum absolute atomic E-state index is 0.0161. The summed E-state index contributed by atoms with van der Waals surface area (Å²) in [6, 6.07) is 11.1. The summed E-state index contributed by atoms with van der Waals surface area (Å²) < 4.78 is 26.2. The summed E-state index contributed by atoms with van der Waals surface area (Å²) in [6.07, 6.45) is 2.65. The summed E-state index contributed by atoms with van der Waals surface area (Å²) in [5.41, 5.74) is 2.75. The maximum absolute atomic E-state index is 14.2. The van der Waals surface area contributed by atoms with Crippen LogP contribution in [0.25, 0.3) is 0 Å². The minimum atomic E-state index is -0.746. The van der Waals surface area contributed by atoms with Crippen molar-refractivity contribution in [2.24, 2.45) is 5.92 Å². The van der Waals surface area contributed by atoms with E-state index in [9.17, 15) is 9.18 Å². The molecule has 0 aromatic heterocycles. The van der Waals surface area contributed by atoms with Gasteiger partial charge in [-0.3, -0.25) is 4.79 Å². The van der Waals surface area contributed by atoms with Gasteiger partial charge in [0.15, 0.2) is 0 Å². The van der Waals surface area contributed by atoms with Crippen LogP contribution in [0, 0.1) is 11.7 Å². The Hall–Kier alpha value is -2.60. The summed E-state index contributed by atoms with van der Waals surface area (Å²) in [5, 5.41) is 9.16. The molecule has 1 spiro atoms. The number of nitrogens with zero attached hydrogens (tertiary/aromatic N) is 1. The fourth-order valence-electron chi connectivity index (χ4n) is 4.74. The standard InChI is InChI=1S/C25H30FNO4/c1-3-18-5-4-6-22(26)20(18)15-30-19-7-8-21-23(13-19)31-16-25(21)9-11-27(12-10-25)14-17(2)24(28)29/h4-8,13,17H,3,9-12,14-16H2,1-2H3,(H,28,29). The van der Waals surface area contributed by atoms with Gasteiger partial charge in [0.05, 0.1) is 12.5 Å². The number of likely N-dealkylation sites (tertiary alicyclic amines) is 1. The molecule has 2 aliphatic heterocycles. The van der Waals surface area contributed by atoms with Crippen LogP contribution in [0.2, 0.25) is 0 Å². The third-order valence-electron chi connectivity index (χ3n) is 6.78. The van der Waals surface area contributed by atoms with Crippen LogP contribution >= 0.6 is 0 Å². The lowest BCUT2D eigenvalue weighted by Crippen LogP contribution is -2.45. The molecule has 166 valence electrons. The molecule has 0 saturated carbocycles. The van der Waals surface area contributed by atoms with Crippen LogP contribution in [-0.4, -0.2) is 42.2 Å². The van der Waals surface area contributed by atoms with Crippen LogP contribution in [-0.2, 0) is 23.2 Å². The van der Waals surface area contributed by atoms with E-state index < -0.39 is 5.97 Å². The van der Waals surface area contributed by atoms with Gasteiger partial charge in [-0.05, 0) is 50.0 Å². The molecule has 1 atom stereocenters. The van der Waals surface area contributed by atoms with Crippen LogP contribution in [0.1, 0.15) is 43.4 Å². The molecule has 1 N–H and O–H groups in total. The van der Waals surface area contributed by atoms with Crippen LogP contribution in [0.15, 0.2) is 36.4 Å². The summed E-state index contributed by atoms with van der Waals surface area (Å²) in [6.45, 7) is 6.92. The Bertz CT molecular complexity index is 953. The number of piperidine rings is 1. The zero-order valence-electron chi connectivity index (χ0n) is 18.2. The number of hydrogen-bond acceptors (Lipinski definition) is 4. The maximum Gasteiger partial charge on any atom is 0.307 e. The lowest BCUT2D eigenvalue weighted by Gasteiger charge is -2.39. The second-order valence-electron chi connectivity index (χ2n) is 8.79. The predicted octanol–water partition coefficient (Wildman–Crippen LogP) is 4.41. The van der Waals surface area contributed by atoms with Crippen LogP contribution in [0.4, 0.5) is 4.39 Å². The SMILES string of the molecule is CCc1cccc(F)c1COc1ccc2c(c1)OCC21CCN(CC(C)C(=O)O)CC1. The number of benzene rings is 2. The molecule has 1 fully saturated rings. The molecule has 5 nitrogen and oxygen atoms in total. The first kappa shape index (κ1) is 21.6.